The molecule has 218 valence electrons. The normalized spacial score (nSPS) is 18.7. The van der Waals surface area contributed by atoms with Crippen molar-refractivity contribution in [3.63, 3.8) is 0 Å². The van der Waals surface area contributed by atoms with Crippen LogP contribution >= 0.6 is 0 Å². The van der Waals surface area contributed by atoms with Gasteiger partial charge in [-0.2, -0.15) is 18.4 Å². The lowest BCUT2D eigenvalue weighted by atomic mass is 9.79. The van der Waals surface area contributed by atoms with E-state index < -0.39 is 23.8 Å². The fourth-order valence-electron chi connectivity index (χ4n) is 5.98. The number of amides is 2. The Kier molecular flexibility index (Phi) is 9.54. The molecule has 2 amide bonds. The van der Waals surface area contributed by atoms with Crippen molar-refractivity contribution >= 4 is 17.5 Å². The second-order valence-corrected chi connectivity index (χ2v) is 10.7. The number of ketones is 1. The molecule has 0 saturated heterocycles. The number of nitrogens with zero attached hydrogens (tertiary/aromatic N) is 4. The summed E-state index contributed by atoms with van der Waals surface area (Å²) in [5.41, 5.74) is 1.13. The summed E-state index contributed by atoms with van der Waals surface area (Å²) in [6.45, 7) is 8.04. The molecule has 1 saturated carbocycles. The summed E-state index contributed by atoms with van der Waals surface area (Å²) in [5, 5.41) is 9.36. The fourth-order valence-corrected chi connectivity index (χ4v) is 5.98. The van der Waals surface area contributed by atoms with Gasteiger partial charge in [0.25, 0.3) is 0 Å². The molecular formula is C32H37F3N4O2. The molecular weight excluding hydrogens is 529 g/mol. The first-order valence-corrected chi connectivity index (χ1v) is 14.4. The molecule has 2 aromatic carbocycles. The van der Waals surface area contributed by atoms with Crippen LogP contribution in [0.2, 0.25) is 0 Å². The van der Waals surface area contributed by atoms with Crippen LogP contribution in [0.1, 0.15) is 75.6 Å². The van der Waals surface area contributed by atoms with Crippen LogP contribution in [0.15, 0.2) is 59.8 Å². The number of carbonyl (C=O) groups excluding carboxylic acids is 2. The number of benzene rings is 2. The Morgan fingerprint density at radius 2 is 1.71 bits per heavy atom. The molecule has 1 fully saturated rings. The minimum absolute atomic E-state index is 0.0612. The molecule has 0 unspecified atom stereocenters. The van der Waals surface area contributed by atoms with E-state index in [-0.39, 0.29) is 23.9 Å². The van der Waals surface area contributed by atoms with Crippen molar-refractivity contribution in [2.45, 2.75) is 65.1 Å². The Hall–Kier alpha value is -3.64. The number of hydrogen-bond donors (Lipinski definition) is 0. The van der Waals surface area contributed by atoms with Gasteiger partial charge in [0.2, 0.25) is 0 Å². The monoisotopic (exact) mass is 566 g/mol. The number of alkyl halides is 3. The van der Waals surface area contributed by atoms with E-state index in [1.165, 1.54) is 17.0 Å². The molecule has 4 rings (SSSR count). The van der Waals surface area contributed by atoms with E-state index in [1.807, 2.05) is 13.8 Å². The zero-order chi connectivity index (χ0) is 29.7. The van der Waals surface area contributed by atoms with Gasteiger partial charge in [0.05, 0.1) is 28.9 Å². The third-order valence-corrected chi connectivity index (χ3v) is 8.33. The minimum Gasteiger partial charge on any atom is -0.311 e. The van der Waals surface area contributed by atoms with E-state index in [2.05, 4.69) is 11.0 Å². The quantitative estimate of drug-likeness (QED) is 0.319. The lowest BCUT2D eigenvalue weighted by Crippen LogP contribution is -2.53. The lowest BCUT2D eigenvalue weighted by molar-refractivity contribution is -0.137. The fraction of sp³-hybridized carbons (Fsp3) is 0.469. The van der Waals surface area contributed by atoms with Gasteiger partial charge in [0.1, 0.15) is 0 Å². The van der Waals surface area contributed by atoms with Crippen LogP contribution in [-0.4, -0.2) is 47.8 Å². The van der Waals surface area contributed by atoms with Gasteiger partial charge in [-0.25, -0.2) is 4.79 Å². The van der Waals surface area contributed by atoms with Crippen LogP contribution in [0.4, 0.5) is 23.7 Å². The standard InChI is InChI=1S/C32H37F3N4O2/c1-4-37(5-2)18-19-38-29(24-16-14-23(21-36)15-17-24)28(30(40)25-10-7-6-8-11-25)22(3)39(31(38)41)27-13-9-12-26(20-27)32(33,34)35/h9,12-17,20,25,29H,4-8,10-11,18-19H2,1-3H3/t29-/m1/s1. The third kappa shape index (κ3) is 6.48. The van der Waals surface area contributed by atoms with Gasteiger partial charge in [0, 0.05) is 30.3 Å². The zero-order valence-electron chi connectivity index (χ0n) is 23.9. The molecule has 6 nitrogen and oxygen atoms in total. The molecule has 9 heteroatoms. The Morgan fingerprint density at radius 3 is 2.29 bits per heavy atom. The van der Waals surface area contributed by atoms with Crippen molar-refractivity contribution in [2.24, 2.45) is 5.92 Å². The minimum atomic E-state index is -4.58. The highest BCUT2D eigenvalue weighted by molar-refractivity contribution is 6.06. The number of nitriles is 1. The summed E-state index contributed by atoms with van der Waals surface area (Å²) in [5.74, 6) is -0.273. The largest absolute Gasteiger partial charge is 0.416 e. The first kappa shape index (κ1) is 30.3. The number of halogens is 3. The summed E-state index contributed by atoms with van der Waals surface area (Å²) in [6.07, 6.45) is -0.163. The van der Waals surface area contributed by atoms with Crippen molar-refractivity contribution in [2.75, 3.05) is 31.1 Å². The Morgan fingerprint density at radius 1 is 1.05 bits per heavy atom. The predicted octanol–water partition coefficient (Wildman–Crippen LogP) is 7.33. The number of allylic oxidation sites excluding steroid dienone is 1. The second kappa shape index (κ2) is 12.9. The van der Waals surface area contributed by atoms with Crippen molar-refractivity contribution < 1.29 is 22.8 Å². The molecule has 0 bridgehead atoms. The first-order chi connectivity index (χ1) is 19.6. The number of urea groups is 1. The van der Waals surface area contributed by atoms with Crippen LogP contribution in [0.25, 0.3) is 0 Å². The molecule has 0 radical (unpaired) electrons. The molecule has 1 atom stereocenters. The molecule has 0 N–H and O–H groups in total. The Bertz CT molecular complexity index is 1320. The van der Waals surface area contributed by atoms with E-state index in [4.69, 9.17) is 0 Å². The summed E-state index contributed by atoms with van der Waals surface area (Å²) in [7, 11) is 0. The maximum Gasteiger partial charge on any atom is 0.416 e. The number of Topliss-reactive ketones (excluding diaryl/α,β-unsaturated/α-hetero) is 1. The van der Waals surface area contributed by atoms with Crippen molar-refractivity contribution in [1.82, 2.24) is 9.80 Å². The van der Waals surface area contributed by atoms with Gasteiger partial charge >= 0.3 is 12.2 Å². The zero-order valence-corrected chi connectivity index (χ0v) is 23.9. The highest BCUT2D eigenvalue weighted by Crippen LogP contribution is 2.43. The van der Waals surface area contributed by atoms with Gasteiger partial charge in [-0.3, -0.25) is 9.69 Å². The number of hydrogen-bond acceptors (Lipinski definition) is 4. The van der Waals surface area contributed by atoms with Crippen LogP contribution in [-0.2, 0) is 11.0 Å². The second-order valence-electron chi connectivity index (χ2n) is 10.7. The molecule has 0 aromatic heterocycles. The van der Waals surface area contributed by atoms with Crippen LogP contribution in [0, 0.1) is 17.2 Å². The van der Waals surface area contributed by atoms with Gasteiger partial charge < -0.3 is 9.80 Å². The van der Waals surface area contributed by atoms with Gasteiger partial charge in [0.15, 0.2) is 5.78 Å². The van der Waals surface area contributed by atoms with Crippen LogP contribution in [0.5, 0.6) is 0 Å². The lowest BCUT2D eigenvalue weighted by Gasteiger charge is -2.44. The molecule has 41 heavy (non-hydrogen) atoms. The highest BCUT2D eigenvalue weighted by atomic mass is 19.4. The molecule has 1 aliphatic carbocycles. The summed E-state index contributed by atoms with van der Waals surface area (Å²) < 4.78 is 41.0. The number of carbonyl (C=O) groups is 2. The third-order valence-electron chi connectivity index (χ3n) is 8.33. The Balaban J connectivity index is 1.91. The summed E-state index contributed by atoms with van der Waals surface area (Å²) >= 11 is 0. The first-order valence-electron chi connectivity index (χ1n) is 14.4. The Labute approximate surface area is 240 Å². The number of anilines is 1. The highest BCUT2D eigenvalue weighted by Gasteiger charge is 2.44. The van der Waals surface area contributed by atoms with E-state index in [0.717, 1.165) is 57.3 Å². The average Bonchev–Trinajstić information content (AvgIpc) is 2.98. The van der Waals surface area contributed by atoms with Crippen molar-refractivity contribution in [3.05, 3.63) is 76.5 Å². The van der Waals surface area contributed by atoms with Gasteiger partial charge in [-0.1, -0.05) is 51.3 Å². The average molecular weight is 567 g/mol. The smallest absolute Gasteiger partial charge is 0.311 e. The summed E-state index contributed by atoms with van der Waals surface area (Å²) in [4.78, 5) is 33.6. The van der Waals surface area contributed by atoms with E-state index in [0.29, 0.717) is 28.9 Å². The van der Waals surface area contributed by atoms with E-state index in [1.54, 1.807) is 36.1 Å². The van der Waals surface area contributed by atoms with Crippen LogP contribution < -0.4 is 4.90 Å². The van der Waals surface area contributed by atoms with Gasteiger partial charge in [-0.15, -0.1) is 0 Å². The van der Waals surface area contributed by atoms with E-state index in [9.17, 15) is 28.0 Å². The van der Waals surface area contributed by atoms with Gasteiger partial charge in [-0.05, 0) is 68.8 Å². The maximum absolute atomic E-state index is 14.3. The number of likely N-dealkylation sites (N-methyl/N-ethyl adjacent to an activating group) is 1. The molecule has 1 heterocycles. The maximum atomic E-state index is 14.3. The van der Waals surface area contributed by atoms with Crippen molar-refractivity contribution in [1.29, 1.82) is 5.26 Å². The topological polar surface area (TPSA) is 67.7 Å². The van der Waals surface area contributed by atoms with Crippen molar-refractivity contribution in [3.8, 4) is 6.07 Å². The van der Waals surface area contributed by atoms with Crippen LogP contribution in [0.3, 0.4) is 0 Å². The predicted molar refractivity (Wildman–Crippen MR) is 152 cm³/mol. The molecule has 0 spiro atoms. The number of rotatable bonds is 9. The SMILES string of the molecule is CCN(CC)CCN1C(=O)N(c2cccc(C(F)(F)F)c2)C(C)=C(C(=O)C2CCCCC2)[C@H]1c1ccc(C#N)cc1. The van der Waals surface area contributed by atoms with E-state index >= 15 is 0 Å². The molecule has 2 aromatic rings. The molecule has 1 aliphatic heterocycles. The molecule has 2 aliphatic rings. The summed E-state index contributed by atoms with van der Waals surface area (Å²) in [6, 6.07) is 12.5.